The molecular formula is C24H26F6N4O3. The zero-order valence-corrected chi connectivity index (χ0v) is 19.6. The molecule has 2 aliphatic rings. The summed E-state index contributed by atoms with van der Waals surface area (Å²) in [6.07, 6.45) is -5.47. The topological polar surface area (TPSA) is 99.3 Å². The summed E-state index contributed by atoms with van der Waals surface area (Å²) in [6, 6.07) is 0.175. The number of alkyl halides is 6. The van der Waals surface area contributed by atoms with E-state index < -0.39 is 40.9 Å². The number of carbonyl (C=O) groups excluding carboxylic acids is 1. The van der Waals surface area contributed by atoms with E-state index in [1.165, 1.54) is 0 Å². The number of amides is 1. The van der Waals surface area contributed by atoms with Gasteiger partial charge in [-0.1, -0.05) is 12.8 Å². The summed E-state index contributed by atoms with van der Waals surface area (Å²) in [5, 5.41) is 11.6. The molecule has 3 atom stereocenters. The van der Waals surface area contributed by atoms with Crippen LogP contribution in [0.5, 0.6) is 0 Å². The smallest absolute Gasteiger partial charge is 0.376 e. The molecule has 1 saturated heterocycles. The third kappa shape index (κ3) is 6.08. The average molecular weight is 532 g/mol. The summed E-state index contributed by atoms with van der Waals surface area (Å²) < 4.78 is 78.8. The summed E-state index contributed by atoms with van der Waals surface area (Å²) in [6.45, 7) is 0.212. The van der Waals surface area contributed by atoms with E-state index in [9.17, 15) is 40.7 Å². The molecule has 1 heterocycles. The molecule has 2 aromatic carbocycles. The van der Waals surface area contributed by atoms with Gasteiger partial charge in [-0.15, -0.1) is 0 Å². The monoisotopic (exact) mass is 532 g/mol. The van der Waals surface area contributed by atoms with Crippen LogP contribution < -0.4 is 32.1 Å². The molecule has 1 aliphatic carbocycles. The fraction of sp³-hybridized carbons (Fsp3) is 0.542. The largest absolute Gasteiger partial charge is 0.416 e. The summed E-state index contributed by atoms with van der Waals surface area (Å²) >= 11 is 0. The average Bonchev–Trinajstić information content (AvgIpc) is 3.38. The molecule has 0 bridgehead atoms. The lowest BCUT2D eigenvalue weighted by Crippen LogP contribution is -2.54. The van der Waals surface area contributed by atoms with Gasteiger partial charge < -0.3 is 21.3 Å². The number of carbonyl (C=O) groups is 1. The van der Waals surface area contributed by atoms with Crippen molar-refractivity contribution in [3.63, 3.8) is 0 Å². The van der Waals surface area contributed by atoms with Crippen molar-refractivity contribution in [2.75, 3.05) is 17.2 Å². The van der Waals surface area contributed by atoms with Gasteiger partial charge >= 0.3 is 12.4 Å². The molecule has 4 N–H and O–H groups in total. The Morgan fingerprint density at radius 3 is 2.00 bits per heavy atom. The lowest BCUT2D eigenvalue weighted by Gasteiger charge is -2.34. The first-order valence-electron chi connectivity index (χ1n) is 12.0. The molecule has 1 amide bonds. The second kappa shape index (κ2) is 10.3. The van der Waals surface area contributed by atoms with Crippen LogP contribution in [0.4, 0.5) is 37.7 Å². The number of hydrogen-bond donors (Lipinski definition) is 4. The van der Waals surface area contributed by atoms with Crippen molar-refractivity contribution in [1.29, 1.82) is 0 Å². The number of hydrogen-bond acceptors (Lipinski definition) is 6. The van der Waals surface area contributed by atoms with Crippen LogP contribution in [0.15, 0.2) is 27.8 Å². The molecule has 0 aromatic heterocycles. The van der Waals surface area contributed by atoms with E-state index in [0.29, 0.717) is 31.4 Å². The maximum Gasteiger partial charge on any atom is 0.416 e. The van der Waals surface area contributed by atoms with Crippen LogP contribution in [-0.2, 0) is 23.7 Å². The van der Waals surface area contributed by atoms with Gasteiger partial charge in [0.05, 0.1) is 17.2 Å². The second-order valence-electron chi connectivity index (χ2n) is 9.48. The quantitative estimate of drug-likeness (QED) is 0.322. The minimum absolute atomic E-state index is 0.0202. The number of anilines is 2. The van der Waals surface area contributed by atoms with Gasteiger partial charge in [0.2, 0.25) is 5.91 Å². The van der Waals surface area contributed by atoms with E-state index in [2.05, 4.69) is 21.3 Å². The fourth-order valence-corrected chi connectivity index (χ4v) is 4.86. The Morgan fingerprint density at radius 1 is 0.838 bits per heavy atom. The highest BCUT2D eigenvalue weighted by atomic mass is 19.4. The first-order valence-corrected chi connectivity index (χ1v) is 12.0. The van der Waals surface area contributed by atoms with Gasteiger partial charge in [0.15, 0.2) is 0 Å². The van der Waals surface area contributed by atoms with Crippen LogP contribution in [0.2, 0.25) is 0 Å². The van der Waals surface area contributed by atoms with Crippen LogP contribution in [-0.4, -0.2) is 30.6 Å². The van der Waals surface area contributed by atoms with Crippen LogP contribution in [0, 0.1) is 0 Å². The molecule has 202 valence electrons. The van der Waals surface area contributed by atoms with E-state index in [1.54, 1.807) is 0 Å². The predicted molar refractivity (Wildman–Crippen MR) is 124 cm³/mol. The van der Waals surface area contributed by atoms with Crippen molar-refractivity contribution in [2.24, 2.45) is 0 Å². The zero-order chi connectivity index (χ0) is 27.0. The molecule has 0 unspecified atom stereocenters. The Balaban J connectivity index is 1.49. The van der Waals surface area contributed by atoms with Gasteiger partial charge in [-0.3, -0.25) is 14.4 Å². The van der Waals surface area contributed by atoms with Crippen LogP contribution >= 0.6 is 0 Å². The van der Waals surface area contributed by atoms with Gasteiger partial charge in [-0.05, 0) is 56.0 Å². The summed E-state index contributed by atoms with van der Waals surface area (Å²) in [5.41, 5.74) is -5.34. The third-order valence-corrected chi connectivity index (χ3v) is 6.83. The van der Waals surface area contributed by atoms with E-state index in [4.69, 9.17) is 0 Å². The minimum atomic E-state index is -5.00. The van der Waals surface area contributed by atoms with Crippen molar-refractivity contribution in [3.8, 4) is 0 Å². The molecule has 37 heavy (non-hydrogen) atoms. The molecule has 7 nitrogen and oxygen atoms in total. The van der Waals surface area contributed by atoms with Crippen molar-refractivity contribution in [2.45, 2.75) is 75.5 Å². The molecule has 1 saturated carbocycles. The normalized spacial score (nSPS) is 22.7. The maximum atomic E-state index is 13.1. The van der Waals surface area contributed by atoms with Gasteiger partial charge in [-0.2, -0.15) is 26.3 Å². The van der Waals surface area contributed by atoms with E-state index in [-0.39, 0.29) is 47.0 Å². The Labute approximate surface area is 207 Å². The fourth-order valence-electron chi connectivity index (χ4n) is 4.86. The lowest BCUT2D eigenvalue weighted by atomic mass is 9.89. The summed E-state index contributed by atoms with van der Waals surface area (Å²) in [7, 11) is 0. The first-order chi connectivity index (χ1) is 17.3. The Morgan fingerprint density at radius 2 is 1.43 bits per heavy atom. The Kier molecular flexibility index (Phi) is 7.54. The molecule has 4 rings (SSSR count). The van der Waals surface area contributed by atoms with Gasteiger partial charge in [-0.25, -0.2) is 0 Å². The zero-order valence-electron chi connectivity index (χ0n) is 19.6. The lowest BCUT2D eigenvalue weighted by molar-refractivity contribution is -0.143. The van der Waals surface area contributed by atoms with Gasteiger partial charge in [0, 0.05) is 18.6 Å². The van der Waals surface area contributed by atoms with E-state index in [0.717, 1.165) is 25.8 Å². The van der Waals surface area contributed by atoms with Crippen molar-refractivity contribution >= 4 is 17.3 Å². The van der Waals surface area contributed by atoms with Crippen LogP contribution in [0.1, 0.15) is 55.2 Å². The highest BCUT2D eigenvalue weighted by Crippen LogP contribution is 2.36. The van der Waals surface area contributed by atoms with E-state index in [1.807, 2.05) is 0 Å². The molecule has 2 aromatic rings. The minimum Gasteiger partial charge on any atom is -0.376 e. The molecule has 2 fully saturated rings. The second-order valence-corrected chi connectivity index (χ2v) is 9.48. The van der Waals surface area contributed by atoms with Crippen molar-refractivity contribution in [3.05, 3.63) is 55.3 Å². The molecule has 1 aliphatic heterocycles. The van der Waals surface area contributed by atoms with E-state index >= 15 is 0 Å². The molecule has 0 spiro atoms. The summed E-state index contributed by atoms with van der Waals surface area (Å²) in [4.78, 5) is 37.0. The standard InChI is InChI=1S/C24H26F6N4O3/c25-23(26,27)13-8-12(9-14(10-13)24(28,29)30)11-32-18-19(21(36)20(18)35)33-15-4-1-2-5-16(15)34-22(37)17-6-3-7-31-17/h8-10,15-17,31-33H,1-7,11H2,(H,34,37)/t15-,16-,17+/m1/s1. The molecule has 0 radical (unpaired) electrons. The Bertz CT molecular complexity index is 1180. The van der Waals surface area contributed by atoms with Gasteiger partial charge in [0.25, 0.3) is 10.9 Å². The highest BCUT2D eigenvalue weighted by Gasteiger charge is 2.37. The molecular weight excluding hydrogens is 506 g/mol. The van der Waals surface area contributed by atoms with Crippen LogP contribution in [0.3, 0.4) is 0 Å². The predicted octanol–water partition coefficient (Wildman–Crippen LogP) is 3.52. The molecule has 13 heteroatoms. The van der Waals surface area contributed by atoms with Gasteiger partial charge in [0.1, 0.15) is 11.4 Å². The van der Waals surface area contributed by atoms with Crippen LogP contribution in [0.25, 0.3) is 0 Å². The number of benzene rings is 1. The first kappa shape index (κ1) is 27.0. The number of nitrogens with one attached hydrogen (secondary N) is 4. The SMILES string of the molecule is O=C(N[C@@H]1CCCC[C@H]1Nc1c(NCc2cc(C(F)(F)F)cc(C(F)(F)F)c2)c(=O)c1=O)[C@@H]1CCCN1. The highest BCUT2D eigenvalue weighted by molar-refractivity contribution is 5.82. The van der Waals surface area contributed by atoms with Crippen molar-refractivity contribution < 1.29 is 31.1 Å². The van der Waals surface area contributed by atoms with Crippen molar-refractivity contribution in [1.82, 2.24) is 10.6 Å². The number of halogens is 6. The maximum absolute atomic E-state index is 13.1. The number of rotatable bonds is 7. The summed E-state index contributed by atoms with van der Waals surface area (Å²) in [5.74, 6) is -0.149. The third-order valence-electron chi connectivity index (χ3n) is 6.83. The Hall–Kier alpha value is -3.09.